The average Bonchev–Trinajstić information content (AvgIpc) is 2.34. The molecule has 0 radical (unpaired) electrons. The van der Waals surface area contributed by atoms with Crippen LogP contribution in [0.15, 0.2) is 12.2 Å². The van der Waals surface area contributed by atoms with E-state index in [0.29, 0.717) is 24.5 Å². The summed E-state index contributed by atoms with van der Waals surface area (Å²) in [7, 11) is 0. The molecule has 0 saturated heterocycles. The van der Waals surface area contributed by atoms with Crippen LogP contribution >= 0.6 is 0 Å². The molecule has 70 valence electrons. The lowest BCUT2D eigenvalue weighted by Gasteiger charge is -2.32. The van der Waals surface area contributed by atoms with Crippen molar-refractivity contribution in [2.75, 3.05) is 0 Å². The highest BCUT2D eigenvalue weighted by atomic mass is 16.1. The zero-order valence-electron chi connectivity index (χ0n) is 7.88. The Hall–Kier alpha value is -0.920. The van der Waals surface area contributed by atoms with Gasteiger partial charge in [-0.2, -0.15) is 0 Å². The summed E-state index contributed by atoms with van der Waals surface area (Å²) < 4.78 is 0. The van der Waals surface area contributed by atoms with Crippen molar-refractivity contribution >= 4 is 11.6 Å². The number of Topliss-reactive ketones (excluding diaryl/α,β-unsaturated/α-hetero) is 1. The van der Waals surface area contributed by atoms with E-state index >= 15 is 0 Å². The Morgan fingerprint density at radius 2 is 2.23 bits per heavy atom. The molecule has 1 fully saturated rings. The van der Waals surface area contributed by atoms with Crippen LogP contribution in [0.2, 0.25) is 0 Å². The lowest BCUT2D eigenvalue weighted by molar-refractivity contribution is -0.132. The summed E-state index contributed by atoms with van der Waals surface area (Å²) in [5.41, 5.74) is -0.314. The van der Waals surface area contributed by atoms with Crippen molar-refractivity contribution < 1.29 is 9.59 Å². The summed E-state index contributed by atoms with van der Waals surface area (Å²) in [4.78, 5) is 23.0. The van der Waals surface area contributed by atoms with Crippen molar-refractivity contribution in [3.63, 3.8) is 0 Å². The highest BCUT2D eigenvalue weighted by molar-refractivity contribution is 5.98. The lowest BCUT2D eigenvalue weighted by Crippen LogP contribution is -2.35. The number of allylic oxidation sites excluding steroid dienone is 2. The first-order valence-electron chi connectivity index (χ1n) is 4.88. The van der Waals surface area contributed by atoms with Crippen LogP contribution in [0.4, 0.5) is 0 Å². The molecule has 0 amide bonds. The van der Waals surface area contributed by atoms with Gasteiger partial charge in [0.05, 0.1) is 0 Å². The minimum atomic E-state index is -0.314. The molecule has 0 heterocycles. The fourth-order valence-electron chi connectivity index (χ4n) is 2.58. The molecule has 0 aromatic rings. The first-order chi connectivity index (χ1) is 6.15. The third-order valence-electron chi connectivity index (χ3n) is 3.58. The molecule has 0 aromatic heterocycles. The maximum atomic E-state index is 11.7. The Balaban J connectivity index is 2.33. The van der Waals surface area contributed by atoms with E-state index in [1.54, 1.807) is 6.08 Å². The van der Waals surface area contributed by atoms with Crippen LogP contribution in [0.3, 0.4) is 0 Å². The Morgan fingerprint density at radius 1 is 1.46 bits per heavy atom. The van der Waals surface area contributed by atoms with Crippen molar-refractivity contribution in [3.05, 3.63) is 12.2 Å². The van der Waals surface area contributed by atoms with Crippen molar-refractivity contribution in [3.8, 4) is 0 Å². The molecule has 0 bridgehead atoms. The predicted octanol–water partition coefficient (Wildman–Crippen LogP) is 1.89. The Bertz CT molecular complexity index is 290. The van der Waals surface area contributed by atoms with Gasteiger partial charge in [0.1, 0.15) is 5.78 Å². The van der Waals surface area contributed by atoms with Crippen LogP contribution in [0.5, 0.6) is 0 Å². The number of ketones is 2. The molecule has 0 aliphatic heterocycles. The quantitative estimate of drug-likeness (QED) is 0.567. The highest BCUT2D eigenvalue weighted by Gasteiger charge is 2.48. The zero-order chi connectivity index (χ0) is 9.47. The first-order valence-corrected chi connectivity index (χ1v) is 4.88. The van der Waals surface area contributed by atoms with Gasteiger partial charge in [0.2, 0.25) is 0 Å². The minimum Gasteiger partial charge on any atom is -0.299 e. The number of hydrogen-bond donors (Lipinski definition) is 0. The van der Waals surface area contributed by atoms with Gasteiger partial charge < -0.3 is 0 Å². The molecule has 2 nitrogen and oxygen atoms in total. The standard InChI is InChI=1S/C11H14O2/c1-8-4-5-10(13)11(8)6-2-3-9(12)7-11/h2-3,8H,4-7H2,1H3/t8-,11-/m1/s1. The van der Waals surface area contributed by atoms with Gasteiger partial charge in [-0.1, -0.05) is 13.0 Å². The SMILES string of the molecule is C[C@@H]1CCC(=O)[C@@]12CC=CC(=O)C2. The van der Waals surface area contributed by atoms with Gasteiger partial charge in [0.15, 0.2) is 5.78 Å². The van der Waals surface area contributed by atoms with Crippen LogP contribution in [-0.4, -0.2) is 11.6 Å². The Kier molecular flexibility index (Phi) is 1.86. The summed E-state index contributed by atoms with van der Waals surface area (Å²) in [5.74, 6) is 0.806. The van der Waals surface area contributed by atoms with Crippen LogP contribution < -0.4 is 0 Å². The van der Waals surface area contributed by atoms with E-state index < -0.39 is 0 Å². The molecule has 0 aromatic carbocycles. The second-order valence-electron chi connectivity index (χ2n) is 4.27. The number of rotatable bonds is 0. The van der Waals surface area contributed by atoms with Gasteiger partial charge in [0.25, 0.3) is 0 Å². The monoisotopic (exact) mass is 178 g/mol. The number of carbonyl (C=O) groups is 2. The maximum Gasteiger partial charge on any atom is 0.156 e. The summed E-state index contributed by atoms with van der Waals surface area (Å²) in [5, 5.41) is 0. The van der Waals surface area contributed by atoms with Gasteiger partial charge in [-0.3, -0.25) is 9.59 Å². The molecule has 0 N–H and O–H groups in total. The average molecular weight is 178 g/mol. The summed E-state index contributed by atoms with van der Waals surface area (Å²) in [6, 6.07) is 0. The van der Waals surface area contributed by atoms with E-state index in [0.717, 1.165) is 12.8 Å². The molecule has 2 heteroatoms. The van der Waals surface area contributed by atoms with Crippen molar-refractivity contribution in [1.29, 1.82) is 0 Å². The first kappa shape index (κ1) is 8.67. The van der Waals surface area contributed by atoms with Gasteiger partial charge >= 0.3 is 0 Å². The van der Waals surface area contributed by atoms with E-state index in [9.17, 15) is 9.59 Å². The molecular weight excluding hydrogens is 164 g/mol. The van der Waals surface area contributed by atoms with Crippen molar-refractivity contribution in [2.24, 2.45) is 11.3 Å². The summed E-state index contributed by atoms with van der Waals surface area (Å²) in [6.07, 6.45) is 6.33. The molecule has 1 spiro atoms. The molecule has 2 rings (SSSR count). The van der Waals surface area contributed by atoms with Crippen molar-refractivity contribution in [2.45, 2.75) is 32.6 Å². The van der Waals surface area contributed by atoms with Crippen LogP contribution in [0, 0.1) is 11.3 Å². The molecule has 2 atom stereocenters. The largest absolute Gasteiger partial charge is 0.299 e. The molecule has 2 aliphatic rings. The fraction of sp³-hybridized carbons (Fsp3) is 0.636. The molecule has 1 saturated carbocycles. The second-order valence-corrected chi connectivity index (χ2v) is 4.27. The number of carbonyl (C=O) groups excluding carboxylic acids is 2. The van der Waals surface area contributed by atoms with E-state index in [1.807, 2.05) is 6.08 Å². The maximum absolute atomic E-state index is 11.7. The van der Waals surface area contributed by atoms with E-state index in [4.69, 9.17) is 0 Å². The second kappa shape index (κ2) is 2.79. The van der Waals surface area contributed by atoms with Crippen LogP contribution in [-0.2, 0) is 9.59 Å². The normalized spacial score (nSPS) is 39.0. The topological polar surface area (TPSA) is 34.1 Å². The summed E-state index contributed by atoms with van der Waals surface area (Å²) in [6.45, 7) is 2.09. The molecular formula is C11H14O2. The Morgan fingerprint density at radius 3 is 2.77 bits per heavy atom. The number of hydrogen-bond acceptors (Lipinski definition) is 2. The zero-order valence-corrected chi connectivity index (χ0v) is 7.88. The summed E-state index contributed by atoms with van der Waals surface area (Å²) >= 11 is 0. The van der Waals surface area contributed by atoms with E-state index in [2.05, 4.69) is 6.92 Å². The van der Waals surface area contributed by atoms with Gasteiger partial charge in [-0.15, -0.1) is 0 Å². The Labute approximate surface area is 78.0 Å². The third-order valence-corrected chi connectivity index (χ3v) is 3.58. The fourth-order valence-corrected chi connectivity index (χ4v) is 2.58. The van der Waals surface area contributed by atoms with E-state index in [-0.39, 0.29) is 11.2 Å². The smallest absolute Gasteiger partial charge is 0.156 e. The highest BCUT2D eigenvalue weighted by Crippen LogP contribution is 2.47. The minimum absolute atomic E-state index is 0.119. The molecule has 0 unspecified atom stereocenters. The van der Waals surface area contributed by atoms with Crippen molar-refractivity contribution in [1.82, 2.24) is 0 Å². The molecule has 2 aliphatic carbocycles. The lowest BCUT2D eigenvalue weighted by atomic mass is 9.69. The van der Waals surface area contributed by atoms with Gasteiger partial charge in [-0.05, 0) is 24.8 Å². The van der Waals surface area contributed by atoms with Gasteiger partial charge in [-0.25, -0.2) is 0 Å². The third kappa shape index (κ3) is 1.16. The predicted molar refractivity (Wildman–Crippen MR) is 49.2 cm³/mol. The van der Waals surface area contributed by atoms with Crippen LogP contribution in [0.25, 0.3) is 0 Å². The molecule has 13 heavy (non-hydrogen) atoms. The van der Waals surface area contributed by atoms with E-state index in [1.165, 1.54) is 0 Å². The van der Waals surface area contributed by atoms with Gasteiger partial charge in [0, 0.05) is 18.3 Å². The van der Waals surface area contributed by atoms with Crippen LogP contribution in [0.1, 0.15) is 32.6 Å².